The number of carbonyl (C=O) groups is 1. The topological polar surface area (TPSA) is 129 Å². The molecule has 0 saturated heterocycles. The van der Waals surface area contributed by atoms with E-state index in [0.29, 0.717) is 40.6 Å². The lowest BCUT2D eigenvalue weighted by Crippen LogP contribution is -2.39. The molecule has 36 heavy (non-hydrogen) atoms. The van der Waals surface area contributed by atoms with E-state index in [2.05, 4.69) is 31.2 Å². The minimum absolute atomic E-state index is 0.188. The number of anilines is 1. The number of hydrogen-bond donors (Lipinski definition) is 2. The number of amides is 1. The van der Waals surface area contributed by atoms with Gasteiger partial charge in [-0.15, -0.1) is 10.2 Å². The van der Waals surface area contributed by atoms with Crippen LogP contribution in [0.4, 0.5) is 5.69 Å². The van der Waals surface area contributed by atoms with Crippen molar-refractivity contribution in [2.24, 2.45) is 0 Å². The minimum atomic E-state index is -0.245. The fraction of sp³-hybridized carbons (Fsp3) is 0.120. The van der Waals surface area contributed by atoms with Crippen LogP contribution in [0.5, 0.6) is 0 Å². The van der Waals surface area contributed by atoms with Crippen molar-refractivity contribution in [2.45, 2.75) is 19.0 Å². The van der Waals surface area contributed by atoms with E-state index in [9.17, 15) is 4.79 Å². The summed E-state index contributed by atoms with van der Waals surface area (Å²) in [6, 6.07) is 21.9. The van der Waals surface area contributed by atoms with E-state index in [4.69, 9.17) is 17.3 Å². The highest BCUT2D eigenvalue weighted by Crippen LogP contribution is 2.27. The zero-order chi connectivity index (χ0) is 24.9. The summed E-state index contributed by atoms with van der Waals surface area (Å²) < 4.78 is 3.24. The van der Waals surface area contributed by atoms with Crippen LogP contribution in [0.2, 0.25) is 5.02 Å². The molecular weight excluding hydrogens is 478 g/mol. The molecule has 1 amide bonds. The molecule has 180 valence electrons. The molecule has 0 spiro atoms. The van der Waals surface area contributed by atoms with Crippen LogP contribution in [0.3, 0.4) is 0 Å². The molecule has 5 rings (SSSR count). The van der Waals surface area contributed by atoms with Crippen molar-refractivity contribution >= 4 is 23.2 Å². The second kappa shape index (κ2) is 10.4. The Hall–Kier alpha value is -4.57. The first-order valence-electron chi connectivity index (χ1n) is 11.2. The number of halogens is 1. The first-order valence-corrected chi connectivity index (χ1v) is 11.6. The molecule has 3 aromatic carbocycles. The maximum Gasteiger partial charge on any atom is 0.251 e. The van der Waals surface area contributed by atoms with Gasteiger partial charge < -0.3 is 11.1 Å². The Morgan fingerprint density at radius 3 is 2.58 bits per heavy atom. The van der Waals surface area contributed by atoms with Crippen LogP contribution in [0, 0.1) is 0 Å². The number of benzene rings is 3. The zero-order valence-corrected chi connectivity index (χ0v) is 19.8. The lowest BCUT2D eigenvalue weighted by atomic mass is 10.1. The molecule has 1 unspecified atom stereocenters. The number of nitrogens with one attached hydrogen (secondary N) is 1. The number of nitrogens with zero attached hydrogens (tertiary/aromatic N) is 7. The number of rotatable bonds is 8. The molecule has 0 radical (unpaired) electrons. The van der Waals surface area contributed by atoms with Crippen molar-refractivity contribution in [3.05, 3.63) is 101 Å². The molecular formula is C25H22ClN9O. The van der Waals surface area contributed by atoms with Gasteiger partial charge in [-0.05, 0) is 64.9 Å². The second-order valence-electron chi connectivity index (χ2n) is 8.22. The molecule has 0 aliphatic heterocycles. The third-order valence-corrected chi connectivity index (χ3v) is 5.84. The number of tetrazole rings is 1. The van der Waals surface area contributed by atoms with Crippen LogP contribution < -0.4 is 11.1 Å². The molecule has 11 heteroatoms. The predicted octanol–water partition coefficient (Wildman–Crippen LogP) is 3.20. The summed E-state index contributed by atoms with van der Waals surface area (Å²) in [5.74, 6) is -0.188. The normalized spacial score (nSPS) is 11.8. The summed E-state index contributed by atoms with van der Waals surface area (Å²) in [6.45, 7) is 0.406. The summed E-state index contributed by atoms with van der Waals surface area (Å²) in [5.41, 5.74) is 10.0. The second-order valence-corrected chi connectivity index (χ2v) is 8.66. The Balaban J connectivity index is 1.40. The fourth-order valence-electron chi connectivity index (χ4n) is 3.88. The van der Waals surface area contributed by atoms with Gasteiger partial charge in [-0.25, -0.2) is 4.68 Å². The summed E-state index contributed by atoms with van der Waals surface area (Å²) in [6.07, 6.45) is 3.93. The molecule has 5 aromatic rings. The van der Waals surface area contributed by atoms with E-state index in [1.165, 1.54) is 11.0 Å². The van der Waals surface area contributed by atoms with Gasteiger partial charge in [-0.1, -0.05) is 47.1 Å². The smallest absolute Gasteiger partial charge is 0.251 e. The summed E-state index contributed by atoms with van der Waals surface area (Å²) in [7, 11) is 0. The van der Waals surface area contributed by atoms with Crippen LogP contribution in [-0.4, -0.2) is 47.2 Å². The van der Waals surface area contributed by atoms with Crippen LogP contribution in [-0.2, 0) is 13.0 Å². The van der Waals surface area contributed by atoms with Crippen LogP contribution >= 0.6 is 11.6 Å². The number of hydrogen-bond acceptors (Lipinski definition) is 7. The molecule has 10 nitrogen and oxygen atoms in total. The van der Waals surface area contributed by atoms with E-state index >= 15 is 0 Å². The standard InChI is InChI=1S/C25H22ClN9O/c26-19-8-11-24(35-16-28-31-33-35)22(13-19)23-15-34(32-30-23)14-21(12-17-4-2-1-3-5-17)29-25(36)18-6-9-20(27)10-7-18/h1-11,13,15-16,21H,12,14,27H2,(H,29,36). The number of nitrogens with two attached hydrogens (primary N) is 1. The maximum absolute atomic E-state index is 13.0. The number of carbonyl (C=O) groups excluding carboxylic acids is 1. The van der Waals surface area contributed by atoms with Crippen molar-refractivity contribution < 1.29 is 4.79 Å². The molecule has 0 aliphatic carbocycles. The number of aromatic nitrogens is 7. The Labute approximate surface area is 211 Å². The van der Waals surface area contributed by atoms with Crippen molar-refractivity contribution in [2.75, 3.05) is 5.73 Å². The molecule has 0 bridgehead atoms. The highest BCUT2D eigenvalue weighted by Gasteiger charge is 2.18. The monoisotopic (exact) mass is 499 g/mol. The lowest BCUT2D eigenvalue weighted by Gasteiger charge is -2.19. The van der Waals surface area contributed by atoms with Gasteiger partial charge in [0.25, 0.3) is 5.91 Å². The first kappa shape index (κ1) is 23.2. The van der Waals surface area contributed by atoms with Crippen molar-refractivity contribution in [1.82, 2.24) is 40.5 Å². The summed E-state index contributed by atoms with van der Waals surface area (Å²) in [5, 5.41) is 23.7. The molecule has 0 aliphatic rings. The van der Waals surface area contributed by atoms with Crippen LogP contribution in [0.1, 0.15) is 15.9 Å². The van der Waals surface area contributed by atoms with Crippen molar-refractivity contribution in [1.29, 1.82) is 0 Å². The first-order chi connectivity index (χ1) is 17.5. The van der Waals surface area contributed by atoms with Crippen molar-refractivity contribution in [3.63, 3.8) is 0 Å². The third-order valence-electron chi connectivity index (χ3n) is 5.61. The minimum Gasteiger partial charge on any atom is -0.399 e. The summed E-state index contributed by atoms with van der Waals surface area (Å²) in [4.78, 5) is 13.0. The Morgan fingerprint density at radius 2 is 1.83 bits per heavy atom. The molecule has 2 heterocycles. The maximum atomic E-state index is 13.0. The third kappa shape index (κ3) is 5.39. The quantitative estimate of drug-likeness (QED) is 0.313. The molecule has 3 N–H and O–H groups in total. The van der Waals surface area contributed by atoms with Gasteiger partial charge in [0, 0.05) is 21.8 Å². The Kier molecular flexibility index (Phi) is 6.67. The van der Waals surface area contributed by atoms with E-state index in [0.717, 1.165) is 11.1 Å². The average Bonchev–Trinajstić information content (AvgIpc) is 3.58. The SMILES string of the molecule is Nc1ccc(C(=O)NC(Cc2ccccc2)Cn2cc(-c3cc(Cl)ccc3-n3cnnn3)nn2)cc1. The highest BCUT2D eigenvalue weighted by atomic mass is 35.5. The van der Waals surface area contributed by atoms with Gasteiger partial charge in [0.2, 0.25) is 0 Å². The predicted molar refractivity (Wildman–Crippen MR) is 135 cm³/mol. The van der Waals surface area contributed by atoms with Crippen LogP contribution in [0.15, 0.2) is 85.3 Å². The molecule has 0 fully saturated rings. The summed E-state index contributed by atoms with van der Waals surface area (Å²) >= 11 is 6.26. The van der Waals surface area contributed by atoms with Gasteiger partial charge in [-0.3, -0.25) is 4.79 Å². The molecule has 1 atom stereocenters. The lowest BCUT2D eigenvalue weighted by molar-refractivity contribution is 0.0932. The van der Waals surface area contributed by atoms with E-state index < -0.39 is 0 Å². The fourth-order valence-corrected chi connectivity index (χ4v) is 4.06. The van der Waals surface area contributed by atoms with Gasteiger partial charge in [0.15, 0.2) is 0 Å². The number of nitrogen functional groups attached to an aromatic ring is 1. The van der Waals surface area contributed by atoms with Gasteiger partial charge in [0.05, 0.1) is 24.5 Å². The van der Waals surface area contributed by atoms with E-state index in [1.807, 2.05) is 42.6 Å². The Bertz CT molecular complexity index is 1450. The van der Waals surface area contributed by atoms with Gasteiger partial charge in [0.1, 0.15) is 12.0 Å². The van der Waals surface area contributed by atoms with Crippen molar-refractivity contribution in [3.8, 4) is 16.9 Å². The molecule has 0 saturated carbocycles. The largest absolute Gasteiger partial charge is 0.399 e. The van der Waals surface area contributed by atoms with Gasteiger partial charge >= 0.3 is 0 Å². The Morgan fingerprint density at radius 1 is 1.03 bits per heavy atom. The van der Waals surface area contributed by atoms with E-state index in [-0.39, 0.29) is 11.9 Å². The average molecular weight is 500 g/mol. The van der Waals surface area contributed by atoms with Gasteiger partial charge in [-0.2, -0.15) is 4.68 Å². The van der Waals surface area contributed by atoms with Crippen LogP contribution in [0.25, 0.3) is 16.9 Å². The van der Waals surface area contributed by atoms with E-state index in [1.54, 1.807) is 41.1 Å². The highest BCUT2D eigenvalue weighted by molar-refractivity contribution is 6.31. The zero-order valence-electron chi connectivity index (χ0n) is 19.1. The molecule has 2 aromatic heterocycles.